The van der Waals surface area contributed by atoms with Gasteiger partial charge in [0, 0.05) is 23.4 Å². The fourth-order valence-electron chi connectivity index (χ4n) is 2.93. The highest BCUT2D eigenvalue weighted by Gasteiger charge is 2.51. The first-order chi connectivity index (χ1) is 13.0. The van der Waals surface area contributed by atoms with Crippen molar-refractivity contribution in [3.63, 3.8) is 0 Å². The summed E-state index contributed by atoms with van der Waals surface area (Å²) in [5, 5.41) is 9.52. The van der Waals surface area contributed by atoms with Gasteiger partial charge in [0.25, 0.3) is 5.56 Å². The third kappa shape index (κ3) is 6.01. The van der Waals surface area contributed by atoms with Crippen molar-refractivity contribution in [3.05, 3.63) is 33.1 Å². The van der Waals surface area contributed by atoms with E-state index in [-0.39, 0.29) is 0 Å². The molecule has 2 rings (SSSR count). The van der Waals surface area contributed by atoms with Gasteiger partial charge >= 0.3 is 13.9 Å². The van der Waals surface area contributed by atoms with Crippen molar-refractivity contribution in [2.75, 3.05) is 19.8 Å². The highest BCUT2D eigenvalue weighted by molar-refractivity contribution is 7.32. The van der Waals surface area contributed by atoms with Crippen molar-refractivity contribution in [3.8, 4) is 0 Å². The second-order valence-corrected chi connectivity index (χ2v) is 6.80. The lowest BCUT2D eigenvalue weighted by molar-refractivity contribution is -0.0744. The van der Waals surface area contributed by atoms with Crippen molar-refractivity contribution in [2.24, 2.45) is 5.73 Å². The minimum absolute atomic E-state index is 0.299. The maximum atomic E-state index is 12.1. The lowest BCUT2D eigenvalue weighted by Crippen LogP contribution is -2.40. The molecule has 0 spiro atoms. The molecule has 11 nitrogen and oxygen atoms in total. The van der Waals surface area contributed by atoms with E-state index in [1.165, 1.54) is 6.20 Å². The first-order valence-electron chi connectivity index (χ1n) is 8.70. The topological polar surface area (TPSA) is 166 Å². The molecule has 1 aliphatic rings. The average molecular weight is 406 g/mol. The number of aromatic nitrogens is 2. The van der Waals surface area contributed by atoms with Gasteiger partial charge in [0.1, 0.15) is 12.2 Å². The first-order valence-corrected chi connectivity index (χ1v) is 9.83. The Morgan fingerprint density at radius 2 is 2.00 bits per heavy atom. The van der Waals surface area contributed by atoms with Crippen LogP contribution in [0.2, 0.25) is 0 Å². The number of nitrogens with two attached hydrogens (primary N) is 1. The van der Waals surface area contributed by atoms with Gasteiger partial charge in [-0.15, -0.1) is 9.42 Å². The highest BCUT2D eigenvalue weighted by Crippen LogP contribution is 2.37. The molecule has 0 radical (unpaired) electrons. The largest absolute Gasteiger partial charge is 0.695 e. The van der Waals surface area contributed by atoms with E-state index < -0.39 is 50.7 Å². The number of H-pyrrole nitrogens is 1. The van der Waals surface area contributed by atoms with E-state index in [0.29, 0.717) is 19.6 Å². The molecule has 12 heteroatoms. The molecule has 0 bridgehead atoms. The van der Waals surface area contributed by atoms with Crippen LogP contribution >= 0.6 is 8.25 Å². The molecule has 5 N–H and O–H groups in total. The summed E-state index contributed by atoms with van der Waals surface area (Å²) in [6.45, 7) is 0.415. The molecule has 1 saturated heterocycles. The Balaban J connectivity index is 2.17. The van der Waals surface area contributed by atoms with E-state index in [9.17, 15) is 19.3 Å². The van der Waals surface area contributed by atoms with Gasteiger partial charge in [0.15, 0.2) is 12.3 Å². The van der Waals surface area contributed by atoms with Crippen molar-refractivity contribution in [1.29, 1.82) is 0 Å². The molecule has 1 aliphatic heterocycles. The molecule has 1 aromatic heterocycles. The molecule has 5 atom stereocenters. The van der Waals surface area contributed by atoms with Crippen LogP contribution in [0.5, 0.6) is 0 Å². The minimum Gasteiger partial charge on any atom is -0.394 e. The van der Waals surface area contributed by atoms with Crippen LogP contribution in [0.3, 0.4) is 0 Å². The molecule has 2 heterocycles. The molecule has 27 heavy (non-hydrogen) atoms. The third-order valence-corrected chi connectivity index (χ3v) is 4.64. The number of nitrogens with one attached hydrogen (secondary N) is 1. The van der Waals surface area contributed by atoms with Gasteiger partial charge in [-0.1, -0.05) is 12.8 Å². The number of aliphatic hydroxyl groups excluding tert-OH is 1. The molecule has 0 aliphatic carbocycles. The molecule has 0 aromatic carbocycles. The summed E-state index contributed by atoms with van der Waals surface area (Å²) in [6.07, 6.45) is 0.708. The number of hydrogen-bond donors (Lipinski definition) is 4. The summed E-state index contributed by atoms with van der Waals surface area (Å²) in [6, 6.07) is 1.14. The summed E-state index contributed by atoms with van der Waals surface area (Å²) in [5.74, 6) is 0. The van der Waals surface area contributed by atoms with E-state index >= 15 is 0 Å². The number of aromatic amines is 1. The molecule has 2 unspecified atom stereocenters. The minimum atomic E-state index is -2.98. The van der Waals surface area contributed by atoms with Gasteiger partial charge in [-0.2, -0.15) is 0 Å². The Morgan fingerprint density at radius 1 is 1.26 bits per heavy atom. The number of rotatable bonds is 11. The predicted octanol–water partition coefficient (Wildman–Crippen LogP) is -0.634. The average Bonchev–Trinajstić information content (AvgIpc) is 2.95. The Bertz CT molecular complexity index is 724. The predicted molar refractivity (Wildman–Crippen MR) is 94.3 cm³/mol. The Labute approximate surface area is 156 Å². The number of unbranched alkanes of at least 4 members (excludes halogenated alkanes) is 3. The van der Waals surface area contributed by atoms with Gasteiger partial charge < -0.3 is 20.3 Å². The van der Waals surface area contributed by atoms with Crippen LogP contribution in [0.1, 0.15) is 31.9 Å². The summed E-state index contributed by atoms with van der Waals surface area (Å²) in [5.41, 5.74) is 4.15. The molecule has 0 amide bonds. The Hall–Kier alpha value is -1.46. The van der Waals surface area contributed by atoms with Crippen LogP contribution in [0, 0.1) is 0 Å². The molecule has 1 aromatic rings. The third-order valence-electron chi connectivity index (χ3n) is 4.21. The zero-order valence-corrected chi connectivity index (χ0v) is 15.6. The maximum absolute atomic E-state index is 12.1. The molecular weight excluding hydrogens is 381 g/mol. The lowest BCUT2D eigenvalue weighted by atomic mass is 10.1. The zero-order valence-electron chi connectivity index (χ0n) is 14.7. The van der Waals surface area contributed by atoms with Gasteiger partial charge in [-0.3, -0.25) is 14.3 Å². The summed E-state index contributed by atoms with van der Waals surface area (Å²) in [7, 11) is -2.98. The maximum Gasteiger partial charge on any atom is 0.695 e. The fourth-order valence-corrected chi connectivity index (χ4v) is 3.40. The monoisotopic (exact) mass is 406 g/mol. The number of hydrogen-bond acceptors (Lipinski definition) is 8. The molecule has 152 valence electrons. The van der Waals surface area contributed by atoms with Crippen LogP contribution in [-0.2, 0) is 18.6 Å². The SMILES string of the molecule is NCCCCCCOC1[C@@H](O[P+](=O)O)[C@@H](CO)O[C@H]1n1ccc(=O)[nH]c1=O. The summed E-state index contributed by atoms with van der Waals surface area (Å²) < 4.78 is 28.7. The van der Waals surface area contributed by atoms with Crippen molar-refractivity contribution in [1.82, 2.24) is 9.55 Å². The van der Waals surface area contributed by atoms with Gasteiger partial charge in [0.05, 0.1) is 6.61 Å². The fraction of sp³-hybridized carbons (Fsp3) is 0.733. The zero-order chi connectivity index (χ0) is 19.8. The Morgan fingerprint density at radius 3 is 2.63 bits per heavy atom. The van der Waals surface area contributed by atoms with Crippen molar-refractivity contribution in [2.45, 2.75) is 50.2 Å². The highest BCUT2D eigenvalue weighted by atomic mass is 31.1. The van der Waals surface area contributed by atoms with Crippen molar-refractivity contribution < 1.29 is 28.6 Å². The van der Waals surface area contributed by atoms with Gasteiger partial charge in [0.2, 0.25) is 0 Å². The van der Waals surface area contributed by atoms with Crippen LogP contribution in [0.25, 0.3) is 0 Å². The van der Waals surface area contributed by atoms with Crippen LogP contribution in [-0.4, -0.2) is 57.6 Å². The van der Waals surface area contributed by atoms with E-state index in [1.54, 1.807) is 0 Å². The second-order valence-electron chi connectivity index (χ2n) is 6.11. The normalized spacial score (nSPS) is 25.7. The smallest absolute Gasteiger partial charge is 0.394 e. The van der Waals surface area contributed by atoms with E-state index in [1.807, 2.05) is 0 Å². The number of ether oxygens (including phenoxy) is 2. The summed E-state index contributed by atoms with van der Waals surface area (Å²) in [4.78, 5) is 34.6. The number of aliphatic hydroxyl groups is 1. The first kappa shape index (κ1) is 21.8. The molecule has 1 fully saturated rings. The van der Waals surface area contributed by atoms with Crippen molar-refractivity contribution >= 4 is 8.25 Å². The standard InChI is InChI=1S/C15H24N3O8P/c16-6-3-1-2-4-8-24-13-12(26-27(22)23)10(9-19)25-14(13)18-7-5-11(20)17-15(18)21/h5,7,10,12-14,19H,1-4,6,8-9,16H2,(H-,17,20,21,22,23)/p+1/t10-,12+,13?,14-/m1/s1. The Kier molecular flexibility index (Phi) is 8.71. The summed E-state index contributed by atoms with van der Waals surface area (Å²) >= 11 is 0. The van der Waals surface area contributed by atoms with Gasteiger partial charge in [-0.05, 0) is 19.4 Å². The number of nitrogens with zero attached hydrogens (tertiary/aromatic N) is 1. The van der Waals surface area contributed by atoms with Gasteiger partial charge in [-0.25, -0.2) is 4.79 Å². The molecular formula is C15H25N3O8P+. The van der Waals surface area contributed by atoms with E-state index in [2.05, 4.69) is 4.98 Å². The van der Waals surface area contributed by atoms with Crippen LogP contribution < -0.4 is 17.0 Å². The second kappa shape index (κ2) is 10.8. The molecule has 0 saturated carbocycles. The van der Waals surface area contributed by atoms with Crippen LogP contribution in [0.15, 0.2) is 21.9 Å². The lowest BCUT2D eigenvalue weighted by Gasteiger charge is -2.22. The quantitative estimate of drug-likeness (QED) is 0.276. The van der Waals surface area contributed by atoms with Crippen LogP contribution in [0.4, 0.5) is 0 Å². The van der Waals surface area contributed by atoms with E-state index in [0.717, 1.165) is 29.9 Å². The van der Waals surface area contributed by atoms with E-state index in [4.69, 9.17) is 24.6 Å².